The van der Waals surface area contributed by atoms with Gasteiger partial charge in [-0.15, -0.1) is 0 Å². The van der Waals surface area contributed by atoms with Crippen LogP contribution in [0.1, 0.15) is 10.4 Å². The fourth-order valence-electron chi connectivity index (χ4n) is 3.19. The molecule has 0 spiro atoms. The zero-order valence-corrected chi connectivity index (χ0v) is 15.8. The summed E-state index contributed by atoms with van der Waals surface area (Å²) in [5.41, 5.74) is 5.52. The van der Waals surface area contributed by atoms with Crippen molar-refractivity contribution in [3.63, 3.8) is 0 Å². The molecular formula is C21H16N2O5S. The second kappa shape index (κ2) is 7.51. The maximum atomic E-state index is 12.7. The summed E-state index contributed by atoms with van der Waals surface area (Å²) < 4.78 is 30.3. The van der Waals surface area contributed by atoms with Crippen LogP contribution in [-0.4, -0.2) is 19.8 Å². The number of hydrogen-bond acceptors (Lipinski definition) is 7. The molecule has 4 aromatic carbocycles. The second-order valence-corrected chi connectivity index (χ2v) is 7.75. The van der Waals surface area contributed by atoms with Crippen LogP contribution in [0.3, 0.4) is 0 Å². The summed E-state index contributed by atoms with van der Waals surface area (Å²) in [4.78, 5) is 11.0. The van der Waals surface area contributed by atoms with Crippen molar-refractivity contribution in [1.29, 1.82) is 0 Å². The SMILES string of the molecule is O=Cc1ccc2ccccc2c1NNOS(=O)(=O)c1c(O)ccc2ccccc12. The number of benzene rings is 4. The van der Waals surface area contributed by atoms with Crippen molar-refractivity contribution in [2.24, 2.45) is 0 Å². The Bertz CT molecular complexity index is 1340. The third kappa shape index (κ3) is 3.52. The summed E-state index contributed by atoms with van der Waals surface area (Å²) in [5, 5.41) is 12.7. The van der Waals surface area contributed by atoms with E-state index in [9.17, 15) is 18.3 Å². The molecule has 0 amide bonds. The molecule has 0 aliphatic heterocycles. The lowest BCUT2D eigenvalue weighted by molar-refractivity contribution is 0.112. The average molecular weight is 408 g/mol. The number of carbonyl (C=O) groups is 1. The summed E-state index contributed by atoms with van der Waals surface area (Å²) >= 11 is 0. The van der Waals surface area contributed by atoms with E-state index in [4.69, 9.17) is 4.28 Å². The molecule has 0 heterocycles. The highest BCUT2D eigenvalue weighted by atomic mass is 32.2. The summed E-state index contributed by atoms with van der Waals surface area (Å²) in [6.45, 7) is 0. The van der Waals surface area contributed by atoms with Gasteiger partial charge in [0.1, 0.15) is 10.6 Å². The zero-order valence-electron chi connectivity index (χ0n) is 15.0. The number of aldehydes is 1. The van der Waals surface area contributed by atoms with Crippen LogP contribution in [0.15, 0.2) is 77.7 Å². The molecule has 0 bridgehead atoms. The van der Waals surface area contributed by atoms with E-state index in [-0.39, 0.29) is 4.90 Å². The largest absolute Gasteiger partial charge is 0.506 e. The molecule has 3 N–H and O–H groups in total. The van der Waals surface area contributed by atoms with E-state index in [0.29, 0.717) is 33.7 Å². The summed E-state index contributed by atoms with van der Waals surface area (Å²) in [6.07, 6.45) is 0.654. The molecule has 0 aromatic heterocycles. The van der Waals surface area contributed by atoms with Gasteiger partial charge >= 0.3 is 10.1 Å². The van der Waals surface area contributed by atoms with Crippen molar-refractivity contribution < 1.29 is 22.6 Å². The molecule has 0 aliphatic rings. The van der Waals surface area contributed by atoms with Gasteiger partial charge in [0, 0.05) is 16.3 Å². The molecule has 0 fully saturated rings. The fourth-order valence-corrected chi connectivity index (χ4v) is 4.20. The Labute approximate surface area is 166 Å². The van der Waals surface area contributed by atoms with Gasteiger partial charge in [0.05, 0.1) is 5.69 Å². The van der Waals surface area contributed by atoms with E-state index in [0.717, 1.165) is 5.39 Å². The molecule has 0 saturated carbocycles. The highest BCUT2D eigenvalue weighted by Crippen LogP contribution is 2.32. The molecule has 0 aliphatic carbocycles. The van der Waals surface area contributed by atoms with E-state index in [2.05, 4.69) is 11.0 Å². The quantitative estimate of drug-likeness (QED) is 0.330. The van der Waals surface area contributed by atoms with Gasteiger partial charge in [0.25, 0.3) is 0 Å². The number of fused-ring (bicyclic) bond motifs is 2. The number of rotatable bonds is 6. The van der Waals surface area contributed by atoms with Crippen LogP contribution in [0.2, 0.25) is 0 Å². The van der Waals surface area contributed by atoms with Crippen molar-refractivity contribution in [1.82, 2.24) is 5.59 Å². The van der Waals surface area contributed by atoms with Crippen LogP contribution in [0.25, 0.3) is 21.5 Å². The lowest BCUT2D eigenvalue weighted by atomic mass is 10.1. The third-order valence-corrected chi connectivity index (χ3v) is 5.76. The predicted molar refractivity (Wildman–Crippen MR) is 110 cm³/mol. The predicted octanol–water partition coefficient (Wildman–Crippen LogP) is 3.75. The van der Waals surface area contributed by atoms with E-state index >= 15 is 0 Å². The van der Waals surface area contributed by atoms with E-state index in [1.807, 2.05) is 12.1 Å². The maximum absolute atomic E-state index is 12.7. The third-order valence-electron chi connectivity index (χ3n) is 4.52. The number of aromatic hydroxyl groups is 1. The smallest absolute Gasteiger partial charge is 0.318 e. The number of hydrazine groups is 1. The Balaban J connectivity index is 1.65. The first-order valence-electron chi connectivity index (χ1n) is 8.63. The highest BCUT2D eigenvalue weighted by Gasteiger charge is 2.23. The number of phenolic OH excluding ortho intramolecular Hbond substituents is 1. The van der Waals surface area contributed by atoms with Gasteiger partial charge in [-0.25, -0.2) is 0 Å². The van der Waals surface area contributed by atoms with Crippen molar-refractivity contribution in [2.45, 2.75) is 4.90 Å². The van der Waals surface area contributed by atoms with E-state index in [1.165, 1.54) is 6.07 Å². The van der Waals surface area contributed by atoms with Crippen LogP contribution >= 0.6 is 0 Å². The Hall–Kier alpha value is -3.46. The van der Waals surface area contributed by atoms with Crippen molar-refractivity contribution in [2.75, 3.05) is 5.43 Å². The molecule has 146 valence electrons. The summed E-state index contributed by atoms with van der Waals surface area (Å²) in [6, 6.07) is 20.3. The van der Waals surface area contributed by atoms with Gasteiger partial charge in [0.15, 0.2) is 6.29 Å². The average Bonchev–Trinajstić information content (AvgIpc) is 2.73. The van der Waals surface area contributed by atoms with Crippen molar-refractivity contribution >= 4 is 43.6 Å². The van der Waals surface area contributed by atoms with Gasteiger partial charge in [-0.3, -0.25) is 10.2 Å². The first-order valence-corrected chi connectivity index (χ1v) is 10.0. The van der Waals surface area contributed by atoms with Crippen LogP contribution in [0.4, 0.5) is 5.69 Å². The van der Waals surface area contributed by atoms with Gasteiger partial charge in [-0.05, 0) is 22.9 Å². The minimum absolute atomic E-state index is 0.324. The minimum Gasteiger partial charge on any atom is -0.506 e. The van der Waals surface area contributed by atoms with E-state index < -0.39 is 15.9 Å². The van der Waals surface area contributed by atoms with E-state index in [1.54, 1.807) is 54.6 Å². The molecule has 0 atom stereocenters. The van der Waals surface area contributed by atoms with Gasteiger partial charge < -0.3 is 5.11 Å². The van der Waals surface area contributed by atoms with Crippen LogP contribution < -0.4 is 11.0 Å². The van der Waals surface area contributed by atoms with Gasteiger partial charge in [0.2, 0.25) is 0 Å². The number of carbonyl (C=O) groups excluding carboxylic acids is 1. The molecule has 29 heavy (non-hydrogen) atoms. The van der Waals surface area contributed by atoms with Gasteiger partial charge in [-0.2, -0.15) is 12.7 Å². The molecule has 8 heteroatoms. The number of hydrogen-bond donors (Lipinski definition) is 3. The lowest BCUT2D eigenvalue weighted by Crippen LogP contribution is -2.27. The first kappa shape index (κ1) is 18.9. The number of anilines is 1. The van der Waals surface area contributed by atoms with Crippen LogP contribution in [0.5, 0.6) is 5.75 Å². The van der Waals surface area contributed by atoms with Crippen LogP contribution in [0, 0.1) is 0 Å². The lowest BCUT2D eigenvalue weighted by Gasteiger charge is -2.14. The Kier molecular flexibility index (Phi) is 4.89. The minimum atomic E-state index is -4.37. The Morgan fingerprint density at radius 3 is 2.17 bits per heavy atom. The number of nitrogens with one attached hydrogen (secondary N) is 2. The molecular weight excluding hydrogens is 392 g/mol. The molecule has 0 radical (unpaired) electrons. The van der Waals surface area contributed by atoms with Crippen molar-refractivity contribution in [3.05, 3.63) is 78.4 Å². The van der Waals surface area contributed by atoms with Crippen molar-refractivity contribution in [3.8, 4) is 5.75 Å². The second-order valence-electron chi connectivity index (χ2n) is 6.27. The van der Waals surface area contributed by atoms with Crippen LogP contribution in [-0.2, 0) is 14.4 Å². The van der Waals surface area contributed by atoms with Gasteiger partial charge in [-0.1, -0.05) is 66.3 Å². The first-order chi connectivity index (χ1) is 14.0. The Morgan fingerprint density at radius 1 is 0.828 bits per heavy atom. The maximum Gasteiger partial charge on any atom is 0.318 e. The monoisotopic (exact) mass is 408 g/mol. The molecule has 4 aromatic rings. The molecule has 0 unspecified atom stereocenters. The zero-order chi connectivity index (χ0) is 20.4. The topological polar surface area (TPSA) is 105 Å². The fraction of sp³-hybridized carbons (Fsp3) is 0. The molecule has 0 saturated heterocycles. The Morgan fingerprint density at radius 2 is 1.45 bits per heavy atom. The summed E-state index contributed by atoms with van der Waals surface area (Å²) in [5.74, 6) is -0.427. The number of phenols is 1. The molecule has 4 rings (SSSR count). The normalized spacial score (nSPS) is 11.6. The molecule has 7 nitrogen and oxygen atoms in total. The standard InChI is InChI=1S/C21H16N2O5S/c24-13-16-10-9-14-5-1-3-7-17(14)20(16)22-23-28-29(26,27)21-18-8-4-2-6-15(18)11-12-19(21)25/h1-13,22-23,25H. The summed E-state index contributed by atoms with van der Waals surface area (Å²) in [7, 11) is -4.37. The highest BCUT2D eigenvalue weighted by molar-refractivity contribution is 7.87.